The first-order chi connectivity index (χ1) is 12.4. The van der Waals surface area contributed by atoms with Gasteiger partial charge in [0.05, 0.1) is 17.2 Å². The van der Waals surface area contributed by atoms with Gasteiger partial charge in [-0.15, -0.1) is 0 Å². The van der Waals surface area contributed by atoms with Crippen LogP contribution in [0.3, 0.4) is 0 Å². The normalized spacial score (nSPS) is 18.9. The van der Waals surface area contributed by atoms with Crippen molar-refractivity contribution in [3.8, 4) is 0 Å². The number of urea groups is 1. The summed E-state index contributed by atoms with van der Waals surface area (Å²) >= 11 is 0. The van der Waals surface area contributed by atoms with Crippen molar-refractivity contribution in [2.45, 2.75) is 30.2 Å². The molecule has 0 aliphatic carbocycles. The lowest BCUT2D eigenvalue weighted by Crippen LogP contribution is -2.49. The summed E-state index contributed by atoms with van der Waals surface area (Å²) in [6.07, 6.45) is 0.942. The molecule has 3 rings (SSSR count). The molecule has 0 bridgehead atoms. The minimum atomic E-state index is -3.49. The topological polar surface area (TPSA) is 104 Å². The van der Waals surface area contributed by atoms with Crippen molar-refractivity contribution >= 4 is 27.7 Å². The molecule has 140 valence electrons. The number of carbonyl (C=O) groups excluding carboxylic acids is 3. The van der Waals surface area contributed by atoms with Gasteiger partial charge in [-0.05, 0) is 25.0 Å². The number of imide groups is 1. The summed E-state index contributed by atoms with van der Waals surface area (Å²) in [6.45, 7) is 0.840. The summed E-state index contributed by atoms with van der Waals surface area (Å²) < 4.78 is 24.5. The molecule has 0 atom stereocenters. The molecule has 1 aromatic rings. The molecule has 1 aromatic carbocycles. The zero-order chi connectivity index (χ0) is 18.7. The van der Waals surface area contributed by atoms with Crippen LogP contribution in [0.25, 0.3) is 0 Å². The van der Waals surface area contributed by atoms with E-state index in [2.05, 4.69) is 5.32 Å². The zero-order valence-electron chi connectivity index (χ0n) is 14.3. The smallest absolute Gasteiger partial charge is 0.324 e. The van der Waals surface area contributed by atoms with Crippen LogP contribution in [0.2, 0.25) is 0 Å². The Balaban J connectivity index is 1.51. The molecule has 8 nitrogen and oxygen atoms in total. The van der Waals surface area contributed by atoms with Crippen molar-refractivity contribution in [2.24, 2.45) is 0 Å². The highest BCUT2D eigenvalue weighted by Gasteiger charge is 2.37. The summed E-state index contributed by atoms with van der Waals surface area (Å²) in [5.41, 5.74) is 0. The maximum absolute atomic E-state index is 12.3. The van der Waals surface area contributed by atoms with Crippen molar-refractivity contribution in [3.63, 3.8) is 0 Å². The number of benzene rings is 1. The van der Waals surface area contributed by atoms with Crippen LogP contribution in [0.5, 0.6) is 0 Å². The molecule has 2 aliphatic heterocycles. The predicted octanol–water partition coefficient (Wildman–Crippen LogP) is 0.393. The highest BCUT2D eigenvalue weighted by Crippen LogP contribution is 2.20. The molecule has 1 N–H and O–H groups in total. The molecule has 0 spiro atoms. The average molecular weight is 379 g/mol. The van der Waals surface area contributed by atoms with Crippen LogP contribution in [-0.2, 0) is 19.4 Å². The third kappa shape index (κ3) is 3.87. The van der Waals surface area contributed by atoms with E-state index in [0.717, 1.165) is 0 Å². The Morgan fingerprint density at radius 2 is 1.77 bits per heavy atom. The van der Waals surface area contributed by atoms with Crippen LogP contribution >= 0.6 is 0 Å². The molecule has 0 radical (unpaired) electrons. The first-order valence-corrected chi connectivity index (χ1v) is 10.2. The van der Waals surface area contributed by atoms with Crippen LogP contribution in [-0.4, -0.2) is 67.5 Å². The second kappa shape index (κ2) is 7.45. The number of amides is 4. The Labute approximate surface area is 152 Å². The lowest BCUT2D eigenvalue weighted by atomic mass is 10.0. The van der Waals surface area contributed by atoms with E-state index in [0.29, 0.717) is 25.9 Å². The summed E-state index contributed by atoms with van der Waals surface area (Å²) in [5, 5.41) is 2.49. The van der Waals surface area contributed by atoms with Gasteiger partial charge in [0, 0.05) is 25.6 Å². The third-order valence-electron chi connectivity index (χ3n) is 4.75. The molecule has 4 amide bonds. The second-order valence-electron chi connectivity index (χ2n) is 6.42. The maximum atomic E-state index is 12.3. The quantitative estimate of drug-likeness (QED) is 0.746. The van der Waals surface area contributed by atoms with E-state index in [1.807, 2.05) is 0 Å². The first kappa shape index (κ1) is 18.4. The Morgan fingerprint density at radius 3 is 2.35 bits per heavy atom. The van der Waals surface area contributed by atoms with Gasteiger partial charge in [0.15, 0.2) is 9.84 Å². The van der Waals surface area contributed by atoms with E-state index < -0.39 is 9.84 Å². The Bertz CT molecular complexity index is 785. The fraction of sp³-hybridized carbons (Fsp3) is 0.471. The standard InChI is InChI=1S/C17H21N3O5S/c21-15(8-11-26(24,25)14-4-2-1-3-5-14)19-9-6-13(7-10-19)20-16(22)12-18-17(20)23/h1-5,13H,6-12H2,(H,18,23). The molecule has 0 aromatic heterocycles. The van der Waals surface area contributed by atoms with Gasteiger partial charge < -0.3 is 10.2 Å². The summed E-state index contributed by atoms with van der Waals surface area (Å²) in [4.78, 5) is 38.8. The van der Waals surface area contributed by atoms with Gasteiger partial charge in [0.25, 0.3) is 0 Å². The lowest BCUT2D eigenvalue weighted by Gasteiger charge is -2.35. The van der Waals surface area contributed by atoms with Gasteiger partial charge >= 0.3 is 6.03 Å². The van der Waals surface area contributed by atoms with E-state index >= 15 is 0 Å². The fourth-order valence-corrected chi connectivity index (χ4v) is 4.55. The minimum Gasteiger partial charge on any atom is -0.343 e. The van der Waals surface area contributed by atoms with E-state index in [4.69, 9.17) is 0 Å². The van der Waals surface area contributed by atoms with Crippen LogP contribution in [0.15, 0.2) is 35.2 Å². The summed E-state index contributed by atoms with van der Waals surface area (Å²) in [6, 6.07) is 7.48. The van der Waals surface area contributed by atoms with Gasteiger partial charge in [-0.3, -0.25) is 14.5 Å². The number of hydrogen-bond donors (Lipinski definition) is 1. The molecular formula is C17H21N3O5S. The summed E-state index contributed by atoms with van der Waals surface area (Å²) in [5.74, 6) is -0.697. The first-order valence-electron chi connectivity index (χ1n) is 8.54. The van der Waals surface area contributed by atoms with Crippen LogP contribution in [0.1, 0.15) is 19.3 Å². The maximum Gasteiger partial charge on any atom is 0.324 e. The lowest BCUT2D eigenvalue weighted by molar-refractivity contribution is -0.133. The number of nitrogens with zero attached hydrogens (tertiary/aromatic N) is 2. The van der Waals surface area contributed by atoms with Gasteiger partial charge in [0.1, 0.15) is 0 Å². The van der Waals surface area contributed by atoms with Gasteiger partial charge in [-0.1, -0.05) is 18.2 Å². The van der Waals surface area contributed by atoms with Crippen LogP contribution < -0.4 is 5.32 Å². The van der Waals surface area contributed by atoms with Crippen LogP contribution in [0, 0.1) is 0 Å². The molecule has 0 saturated carbocycles. The highest BCUT2D eigenvalue weighted by atomic mass is 32.2. The number of sulfone groups is 1. The van der Waals surface area contributed by atoms with E-state index in [1.165, 1.54) is 17.0 Å². The number of carbonyl (C=O) groups is 3. The molecule has 26 heavy (non-hydrogen) atoms. The number of likely N-dealkylation sites (tertiary alicyclic amines) is 1. The molecule has 9 heteroatoms. The molecule has 2 saturated heterocycles. The number of piperidine rings is 1. The van der Waals surface area contributed by atoms with Crippen molar-refractivity contribution in [2.75, 3.05) is 25.4 Å². The predicted molar refractivity (Wildman–Crippen MR) is 93.0 cm³/mol. The van der Waals surface area contributed by atoms with Gasteiger partial charge in [0.2, 0.25) is 11.8 Å². The molecular weight excluding hydrogens is 358 g/mol. The van der Waals surface area contributed by atoms with Crippen molar-refractivity contribution < 1.29 is 22.8 Å². The van der Waals surface area contributed by atoms with Crippen LogP contribution in [0.4, 0.5) is 4.79 Å². The second-order valence-corrected chi connectivity index (χ2v) is 8.53. The summed E-state index contributed by atoms with van der Waals surface area (Å²) in [7, 11) is -3.49. The van der Waals surface area contributed by atoms with E-state index in [-0.39, 0.29) is 47.5 Å². The highest BCUT2D eigenvalue weighted by molar-refractivity contribution is 7.91. The van der Waals surface area contributed by atoms with Gasteiger partial charge in [-0.25, -0.2) is 13.2 Å². The van der Waals surface area contributed by atoms with Crippen molar-refractivity contribution in [3.05, 3.63) is 30.3 Å². The SMILES string of the molecule is O=C(CCS(=O)(=O)c1ccccc1)N1CCC(N2C(=O)CNC2=O)CC1. The van der Waals surface area contributed by atoms with E-state index in [9.17, 15) is 22.8 Å². The molecule has 2 heterocycles. The molecule has 2 aliphatic rings. The Kier molecular flexibility index (Phi) is 5.26. The Morgan fingerprint density at radius 1 is 1.12 bits per heavy atom. The average Bonchev–Trinajstić information content (AvgIpc) is 2.99. The molecule has 2 fully saturated rings. The Hall–Kier alpha value is -2.42. The fourth-order valence-electron chi connectivity index (χ4n) is 3.30. The van der Waals surface area contributed by atoms with E-state index in [1.54, 1.807) is 23.1 Å². The largest absolute Gasteiger partial charge is 0.343 e. The molecule has 0 unspecified atom stereocenters. The monoisotopic (exact) mass is 379 g/mol. The van der Waals surface area contributed by atoms with Crippen molar-refractivity contribution in [1.82, 2.24) is 15.1 Å². The third-order valence-corrected chi connectivity index (χ3v) is 6.48. The number of hydrogen-bond acceptors (Lipinski definition) is 5. The number of rotatable bonds is 5. The number of nitrogens with one attached hydrogen (secondary N) is 1. The minimum absolute atomic E-state index is 0.0231. The zero-order valence-corrected chi connectivity index (χ0v) is 15.1. The van der Waals surface area contributed by atoms with Gasteiger partial charge in [-0.2, -0.15) is 0 Å². The van der Waals surface area contributed by atoms with Crippen molar-refractivity contribution in [1.29, 1.82) is 0 Å².